The monoisotopic (exact) mass is 221 g/mol. The summed E-state index contributed by atoms with van der Waals surface area (Å²) < 4.78 is 0. The number of aliphatic carboxylic acids is 1. The van der Waals surface area contributed by atoms with Crippen molar-refractivity contribution in [2.45, 2.75) is 6.92 Å². The van der Waals surface area contributed by atoms with E-state index in [9.17, 15) is 4.79 Å². The largest absolute Gasteiger partial charge is 0.478 e. The van der Waals surface area contributed by atoms with Crippen LogP contribution >= 0.6 is 0 Å². The molecule has 88 valence electrons. The van der Waals surface area contributed by atoms with E-state index in [0.29, 0.717) is 0 Å². The SMILES string of the molecule is CCN(C)C.O=C(O)/C=C/c1ccccc1. The third kappa shape index (κ3) is 8.97. The second-order valence-corrected chi connectivity index (χ2v) is 3.48. The number of carboxylic acid groups (broad SMARTS) is 1. The van der Waals surface area contributed by atoms with Crippen molar-refractivity contribution in [1.29, 1.82) is 0 Å². The summed E-state index contributed by atoms with van der Waals surface area (Å²) in [6, 6.07) is 9.31. The number of nitrogens with zero attached hydrogens (tertiary/aromatic N) is 1. The van der Waals surface area contributed by atoms with Gasteiger partial charge in [-0.3, -0.25) is 0 Å². The maximum atomic E-state index is 10.1. The highest BCUT2D eigenvalue weighted by Gasteiger charge is 1.85. The summed E-state index contributed by atoms with van der Waals surface area (Å²) in [6.45, 7) is 3.26. The molecule has 0 saturated carbocycles. The lowest BCUT2D eigenvalue weighted by Gasteiger charge is -2.00. The first-order valence-electron chi connectivity index (χ1n) is 5.17. The molecule has 16 heavy (non-hydrogen) atoms. The summed E-state index contributed by atoms with van der Waals surface area (Å²) in [6.07, 6.45) is 2.68. The molecule has 0 bridgehead atoms. The zero-order valence-electron chi connectivity index (χ0n) is 10.1. The van der Waals surface area contributed by atoms with Crippen molar-refractivity contribution in [2.75, 3.05) is 20.6 Å². The van der Waals surface area contributed by atoms with E-state index in [1.807, 2.05) is 30.3 Å². The van der Waals surface area contributed by atoms with Crippen LogP contribution in [0.1, 0.15) is 12.5 Å². The highest BCUT2D eigenvalue weighted by atomic mass is 16.4. The Morgan fingerprint density at radius 3 is 2.19 bits per heavy atom. The molecule has 0 amide bonds. The van der Waals surface area contributed by atoms with Gasteiger partial charge in [0.1, 0.15) is 0 Å². The number of benzene rings is 1. The third-order valence-corrected chi connectivity index (χ3v) is 1.85. The second kappa shape index (κ2) is 8.68. The van der Waals surface area contributed by atoms with Gasteiger partial charge in [-0.25, -0.2) is 4.79 Å². The maximum Gasteiger partial charge on any atom is 0.328 e. The molecule has 0 aliphatic rings. The summed E-state index contributed by atoms with van der Waals surface area (Å²) in [5.74, 6) is -0.922. The standard InChI is InChI=1S/C9H8O2.C4H11N/c10-9(11)7-6-8-4-2-1-3-5-8;1-4-5(2)3/h1-7H,(H,10,11);4H2,1-3H3/b7-6+;. The molecule has 0 fully saturated rings. The van der Waals surface area contributed by atoms with Gasteiger partial charge in [0.2, 0.25) is 0 Å². The van der Waals surface area contributed by atoms with E-state index in [0.717, 1.165) is 18.2 Å². The normalized spacial score (nSPS) is 10.0. The lowest BCUT2D eigenvalue weighted by molar-refractivity contribution is -0.131. The molecule has 3 heteroatoms. The number of carboxylic acids is 1. The molecule has 0 aliphatic carbocycles. The predicted molar refractivity (Wildman–Crippen MR) is 67.3 cm³/mol. The summed E-state index contributed by atoms with van der Waals surface area (Å²) in [7, 11) is 4.11. The van der Waals surface area contributed by atoms with E-state index in [1.165, 1.54) is 0 Å². The molecule has 3 nitrogen and oxygen atoms in total. The molecule has 0 atom stereocenters. The van der Waals surface area contributed by atoms with Crippen LogP contribution in [0, 0.1) is 0 Å². The van der Waals surface area contributed by atoms with Gasteiger partial charge in [0.05, 0.1) is 0 Å². The minimum Gasteiger partial charge on any atom is -0.478 e. The average molecular weight is 221 g/mol. The Morgan fingerprint density at radius 2 is 1.81 bits per heavy atom. The Balaban J connectivity index is 0.000000385. The summed E-state index contributed by atoms with van der Waals surface area (Å²) in [5, 5.41) is 8.29. The molecule has 1 rings (SSSR count). The van der Waals surface area contributed by atoms with Crippen LogP contribution in [-0.2, 0) is 4.79 Å². The molecule has 0 aliphatic heterocycles. The van der Waals surface area contributed by atoms with E-state index in [1.54, 1.807) is 6.08 Å². The molecule has 0 heterocycles. The van der Waals surface area contributed by atoms with Gasteiger partial charge >= 0.3 is 5.97 Å². The van der Waals surface area contributed by atoms with Gasteiger partial charge in [-0.1, -0.05) is 37.3 Å². The quantitative estimate of drug-likeness (QED) is 0.796. The lowest BCUT2D eigenvalue weighted by atomic mass is 10.2. The van der Waals surface area contributed by atoms with Crippen LogP contribution in [0.5, 0.6) is 0 Å². The van der Waals surface area contributed by atoms with Gasteiger partial charge < -0.3 is 10.0 Å². The van der Waals surface area contributed by atoms with Gasteiger partial charge in [-0.05, 0) is 32.3 Å². The molecule has 0 saturated heterocycles. The van der Waals surface area contributed by atoms with Crippen LogP contribution in [0.3, 0.4) is 0 Å². The van der Waals surface area contributed by atoms with Gasteiger partial charge in [0.25, 0.3) is 0 Å². The second-order valence-electron chi connectivity index (χ2n) is 3.48. The van der Waals surface area contributed by atoms with Crippen molar-refractivity contribution in [3.05, 3.63) is 42.0 Å². The molecule has 0 radical (unpaired) electrons. The third-order valence-electron chi connectivity index (χ3n) is 1.85. The molecule has 0 aromatic heterocycles. The van der Waals surface area contributed by atoms with Crippen molar-refractivity contribution in [2.24, 2.45) is 0 Å². The fourth-order valence-electron chi connectivity index (χ4n) is 0.732. The topological polar surface area (TPSA) is 40.5 Å². The first kappa shape index (κ1) is 14.4. The number of carbonyl (C=O) groups is 1. The van der Waals surface area contributed by atoms with Gasteiger partial charge in [-0.15, -0.1) is 0 Å². The maximum absolute atomic E-state index is 10.1. The summed E-state index contributed by atoms with van der Waals surface area (Å²) in [5.41, 5.74) is 0.898. The first-order valence-corrected chi connectivity index (χ1v) is 5.17. The zero-order chi connectivity index (χ0) is 12.4. The van der Waals surface area contributed by atoms with Crippen LogP contribution in [-0.4, -0.2) is 36.6 Å². The Hall–Kier alpha value is -1.61. The van der Waals surface area contributed by atoms with E-state index in [2.05, 4.69) is 25.9 Å². The Bertz CT molecular complexity index is 318. The van der Waals surface area contributed by atoms with Crippen molar-refractivity contribution >= 4 is 12.0 Å². The molecule has 1 N–H and O–H groups in total. The van der Waals surface area contributed by atoms with E-state index >= 15 is 0 Å². The fraction of sp³-hybridized carbons (Fsp3) is 0.308. The van der Waals surface area contributed by atoms with Gasteiger partial charge in [0, 0.05) is 6.08 Å². The number of rotatable bonds is 3. The minimum absolute atomic E-state index is 0.898. The van der Waals surface area contributed by atoms with E-state index < -0.39 is 5.97 Å². The average Bonchev–Trinajstić information content (AvgIpc) is 2.28. The smallest absolute Gasteiger partial charge is 0.328 e. The van der Waals surface area contributed by atoms with E-state index in [4.69, 9.17) is 5.11 Å². The van der Waals surface area contributed by atoms with E-state index in [-0.39, 0.29) is 0 Å². The number of hydrogen-bond donors (Lipinski definition) is 1. The van der Waals surface area contributed by atoms with Crippen molar-refractivity contribution in [3.8, 4) is 0 Å². The van der Waals surface area contributed by atoms with Crippen LogP contribution in [0.2, 0.25) is 0 Å². The molecule has 1 aromatic carbocycles. The van der Waals surface area contributed by atoms with Crippen LogP contribution in [0.4, 0.5) is 0 Å². The predicted octanol–water partition coefficient (Wildman–Crippen LogP) is 2.35. The highest BCUT2D eigenvalue weighted by molar-refractivity contribution is 5.85. The molecule has 1 aromatic rings. The van der Waals surface area contributed by atoms with Crippen LogP contribution < -0.4 is 0 Å². The zero-order valence-corrected chi connectivity index (χ0v) is 10.1. The van der Waals surface area contributed by atoms with Crippen molar-refractivity contribution < 1.29 is 9.90 Å². The molecular formula is C13H19NO2. The summed E-state index contributed by atoms with van der Waals surface area (Å²) in [4.78, 5) is 12.2. The van der Waals surface area contributed by atoms with Crippen molar-refractivity contribution in [3.63, 3.8) is 0 Å². The highest BCUT2D eigenvalue weighted by Crippen LogP contribution is 1.99. The van der Waals surface area contributed by atoms with Gasteiger partial charge in [0.15, 0.2) is 0 Å². The lowest BCUT2D eigenvalue weighted by Crippen LogP contribution is -2.08. The van der Waals surface area contributed by atoms with Crippen LogP contribution in [0.15, 0.2) is 36.4 Å². The minimum atomic E-state index is -0.922. The van der Waals surface area contributed by atoms with Crippen molar-refractivity contribution in [1.82, 2.24) is 4.90 Å². The molecular weight excluding hydrogens is 202 g/mol. The summed E-state index contributed by atoms with van der Waals surface area (Å²) >= 11 is 0. The Kier molecular flexibility index (Phi) is 7.81. The molecule has 0 spiro atoms. The number of hydrogen-bond acceptors (Lipinski definition) is 2. The Morgan fingerprint density at radius 1 is 1.31 bits per heavy atom. The molecule has 0 unspecified atom stereocenters. The van der Waals surface area contributed by atoms with Crippen LogP contribution in [0.25, 0.3) is 6.08 Å². The van der Waals surface area contributed by atoms with Gasteiger partial charge in [-0.2, -0.15) is 0 Å². The fourth-order valence-corrected chi connectivity index (χ4v) is 0.732. The first-order chi connectivity index (χ1) is 7.56. The Labute approximate surface area is 97.0 Å².